The molecule has 0 saturated heterocycles. The second-order valence-corrected chi connectivity index (χ2v) is 8.76. The van der Waals surface area contributed by atoms with Crippen molar-refractivity contribution in [2.45, 2.75) is 19.0 Å². The minimum atomic E-state index is -0.136. The van der Waals surface area contributed by atoms with Crippen molar-refractivity contribution in [3.8, 4) is 11.5 Å². The van der Waals surface area contributed by atoms with Crippen LogP contribution in [-0.2, 0) is 17.8 Å². The molecule has 1 aliphatic heterocycles. The van der Waals surface area contributed by atoms with E-state index < -0.39 is 0 Å². The van der Waals surface area contributed by atoms with Gasteiger partial charge in [0.25, 0.3) is 5.91 Å². The second-order valence-electron chi connectivity index (χ2n) is 8.76. The molecule has 6 nitrogen and oxygen atoms in total. The van der Waals surface area contributed by atoms with Gasteiger partial charge in [-0.25, -0.2) is 0 Å². The second kappa shape index (κ2) is 11.1. The summed E-state index contributed by atoms with van der Waals surface area (Å²) >= 11 is 0. The SMILES string of the molecule is COc1ccc(OCC(=O)NCC(c2ccc(N(C)C)cc2)N2CCc3ccccc3C2)cc1. The van der Waals surface area contributed by atoms with Gasteiger partial charge in [-0.05, 0) is 59.5 Å². The van der Waals surface area contributed by atoms with Crippen LogP contribution in [0.5, 0.6) is 11.5 Å². The summed E-state index contributed by atoms with van der Waals surface area (Å²) in [4.78, 5) is 17.2. The molecule has 1 atom stereocenters. The number of hydrogen-bond acceptors (Lipinski definition) is 5. The summed E-state index contributed by atoms with van der Waals surface area (Å²) in [6, 6.07) is 24.5. The maximum absolute atomic E-state index is 12.6. The Labute approximate surface area is 202 Å². The van der Waals surface area contributed by atoms with Crippen LogP contribution in [0.3, 0.4) is 0 Å². The number of anilines is 1. The Morgan fingerprint density at radius 3 is 2.32 bits per heavy atom. The molecule has 0 aromatic heterocycles. The van der Waals surface area contributed by atoms with Crippen LogP contribution in [0.4, 0.5) is 5.69 Å². The molecular formula is C28H33N3O3. The molecule has 1 aliphatic rings. The molecule has 6 heteroatoms. The van der Waals surface area contributed by atoms with Crippen molar-refractivity contribution in [1.82, 2.24) is 10.2 Å². The summed E-state index contributed by atoms with van der Waals surface area (Å²) in [5.41, 5.74) is 5.12. The molecule has 1 amide bonds. The zero-order valence-electron chi connectivity index (χ0n) is 20.2. The van der Waals surface area contributed by atoms with E-state index in [2.05, 4.69) is 63.6 Å². The van der Waals surface area contributed by atoms with Crippen LogP contribution in [0.15, 0.2) is 72.8 Å². The number of hydrogen-bond donors (Lipinski definition) is 1. The van der Waals surface area contributed by atoms with Crippen LogP contribution < -0.4 is 19.7 Å². The van der Waals surface area contributed by atoms with E-state index in [1.165, 1.54) is 16.7 Å². The van der Waals surface area contributed by atoms with Gasteiger partial charge in [0.05, 0.1) is 13.2 Å². The number of carbonyl (C=O) groups is 1. The molecule has 178 valence electrons. The van der Waals surface area contributed by atoms with Gasteiger partial charge in [0, 0.05) is 39.4 Å². The van der Waals surface area contributed by atoms with Crippen LogP contribution in [0.25, 0.3) is 0 Å². The highest BCUT2D eigenvalue weighted by Crippen LogP contribution is 2.28. The molecule has 3 aromatic carbocycles. The zero-order valence-corrected chi connectivity index (χ0v) is 20.2. The van der Waals surface area contributed by atoms with Crippen molar-refractivity contribution in [3.05, 3.63) is 89.5 Å². The Bertz CT molecular complexity index is 1080. The highest BCUT2D eigenvalue weighted by molar-refractivity contribution is 5.77. The van der Waals surface area contributed by atoms with Crippen molar-refractivity contribution < 1.29 is 14.3 Å². The third-order valence-electron chi connectivity index (χ3n) is 6.32. The molecule has 0 aliphatic carbocycles. The van der Waals surface area contributed by atoms with E-state index in [1.54, 1.807) is 19.2 Å². The normalized spacial score (nSPS) is 14.1. The van der Waals surface area contributed by atoms with E-state index in [9.17, 15) is 4.79 Å². The van der Waals surface area contributed by atoms with Crippen LogP contribution in [0.2, 0.25) is 0 Å². The molecule has 0 spiro atoms. The maximum Gasteiger partial charge on any atom is 0.258 e. The van der Waals surface area contributed by atoms with Gasteiger partial charge in [-0.3, -0.25) is 9.69 Å². The smallest absolute Gasteiger partial charge is 0.258 e. The Morgan fingerprint density at radius 1 is 0.971 bits per heavy atom. The van der Waals surface area contributed by atoms with Crippen LogP contribution >= 0.6 is 0 Å². The highest BCUT2D eigenvalue weighted by Gasteiger charge is 2.25. The van der Waals surface area contributed by atoms with E-state index in [1.807, 2.05) is 26.2 Å². The van der Waals surface area contributed by atoms with Gasteiger partial charge in [-0.2, -0.15) is 0 Å². The molecule has 0 bridgehead atoms. The van der Waals surface area contributed by atoms with E-state index >= 15 is 0 Å². The highest BCUT2D eigenvalue weighted by atomic mass is 16.5. The van der Waals surface area contributed by atoms with Gasteiger partial charge in [0.15, 0.2) is 6.61 Å². The number of ether oxygens (including phenoxy) is 2. The Hall–Kier alpha value is -3.51. The number of benzene rings is 3. The first-order valence-electron chi connectivity index (χ1n) is 11.6. The molecule has 0 radical (unpaired) electrons. The molecular weight excluding hydrogens is 426 g/mol. The summed E-state index contributed by atoms with van der Waals surface area (Å²) in [5.74, 6) is 1.26. The third-order valence-corrected chi connectivity index (χ3v) is 6.32. The number of nitrogens with one attached hydrogen (secondary N) is 1. The molecule has 1 heterocycles. The molecule has 0 fully saturated rings. The number of fused-ring (bicyclic) bond motifs is 1. The minimum Gasteiger partial charge on any atom is -0.497 e. The van der Waals surface area contributed by atoms with Crippen molar-refractivity contribution >= 4 is 11.6 Å². The molecule has 34 heavy (non-hydrogen) atoms. The number of methoxy groups -OCH3 is 1. The Morgan fingerprint density at radius 2 is 1.65 bits per heavy atom. The van der Waals surface area contributed by atoms with Gasteiger partial charge in [-0.15, -0.1) is 0 Å². The third kappa shape index (κ3) is 5.88. The largest absolute Gasteiger partial charge is 0.497 e. The molecule has 1 N–H and O–H groups in total. The molecule has 0 saturated carbocycles. The summed E-state index contributed by atoms with van der Waals surface area (Å²) in [5, 5.41) is 3.09. The number of rotatable bonds is 9. The summed E-state index contributed by atoms with van der Waals surface area (Å²) in [7, 11) is 5.70. The lowest BCUT2D eigenvalue weighted by Crippen LogP contribution is -2.41. The quantitative estimate of drug-likeness (QED) is 0.523. The lowest BCUT2D eigenvalue weighted by Gasteiger charge is -2.36. The van der Waals surface area contributed by atoms with E-state index in [0.29, 0.717) is 12.3 Å². The first kappa shape index (κ1) is 23.6. The Balaban J connectivity index is 1.43. The van der Waals surface area contributed by atoms with Crippen LogP contribution in [0.1, 0.15) is 22.7 Å². The van der Waals surface area contributed by atoms with Gasteiger partial charge >= 0.3 is 0 Å². The monoisotopic (exact) mass is 459 g/mol. The minimum absolute atomic E-state index is 0.0263. The Kier molecular flexibility index (Phi) is 7.70. The maximum atomic E-state index is 12.6. The lowest BCUT2D eigenvalue weighted by molar-refractivity contribution is -0.123. The first-order valence-corrected chi connectivity index (χ1v) is 11.6. The molecule has 3 aromatic rings. The van der Waals surface area contributed by atoms with E-state index in [0.717, 1.165) is 30.9 Å². The predicted molar refractivity (Wildman–Crippen MR) is 136 cm³/mol. The fourth-order valence-electron chi connectivity index (χ4n) is 4.32. The lowest BCUT2D eigenvalue weighted by atomic mass is 9.96. The summed E-state index contributed by atoms with van der Waals surface area (Å²) in [6.45, 7) is 2.32. The van der Waals surface area contributed by atoms with Crippen molar-refractivity contribution in [2.24, 2.45) is 0 Å². The first-order chi connectivity index (χ1) is 16.5. The standard InChI is InChI=1S/C28H33N3O3/c1-30(2)24-10-8-22(9-11-24)27(31-17-16-21-6-4-5-7-23(21)19-31)18-29-28(32)20-34-26-14-12-25(33-3)13-15-26/h4-15,27H,16-20H2,1-3H3,(H,29,32). The number of amides is 1. The molecule has 1 unspecified atom stereocenters. The average molecular weight is 460 g/mol. The fraction of sp³-hybridized carbons (Fsp3) is 0.321. The number of carbonyl (C=O) groups excluding carboxylic acids is 1. The predicted octanol–water partition coefficient (Wildman–Crippen LogP) is 4.06. The summed E-state index contributed by atoms with van der Waals surface area (Å²) < 4.78 is 10.8. The van der Waals surface area contributed by atoms with Gasteiger partial charge in [0.1, 0.15) is 11.5 Å². The van der Waals surface area contributed by atoms with Crippen molar-refractivity contribution in [3.63, 3.8) is 0 Å². The van der Waals surface area contributed by atoms with Crippen LogP contribution in [0, 0.1) is 0 Å². The average Bonchev–Trinajstić information content (AvgIpc) is 2.88. The van der Waals surface area contributed by atoms with Gasteiger partial charge in [0.2, 0.25) is 0 Å². The topological polar surface area (TPSA) is 54.0 Å². The van der Waals surface area contributed by atoms with E-state index in [4.69, 9.17) is 9.47 Å². The van der Waals surface area contributed by atoms with E-state index in [-0.39, 0.29) is 18.6 Å². The fourth-order valence-corrected chi connectivity index (χ4v) is 4.32. The van der Waals surface area contributed by atoms with Crippen molar-refractivity contribution in [2.75, 3.05) is 45.8 Å². The van der Waals surface area contributed by atoms with Crippen molar-refractivity contribution in [1.29, 1.82) is 0 Å². The van der Waals surface area contributed by atoms with Crippen LogP contribution in [-0.4, -0.2) is 51.7 Å². The zero-order chi connectivity index (χ0) is 23.9. The van der Waals surface area contributed by atoms with Gasteiger partial charge in [-0.1, -0.05) is 36.4 Å². The number of nitrogens with zero attached hydrogens (tertiary/aromatic N) is 2. The molecule has 4 rings (SSSR count). The van der Waals surface area contributed by atoms with Gasteiger partial charge < -0.3 is 19.7 Å². The summed E-state index contributed by atoms with van der Waals surface area (Å²) in [6.07, 6.45) is 1.01.